The fourth-order valence-corrected chi connectivity index (χ4v) is 4.20. The maximum Gasteiger partial charge on any atom is 0.321 e. The summed E-state index contributed by atoms with van der Waals surface area (Å²) >= 11 is 2.18. The first kappa shape index (κ1) is 27.1. The van der Waals surface area contributed by atoms with Crippen LogP contribution in [0.15, 0.2) is 41.5 Å². The van der Waals surface area contributed by atoms with Gasteiger partial charge in [-0.3, -0.25) is 20.2 Å². The minimum absolute atomic E-state index is 0.0131. The summed E-state index contributed by atoms with van der Waals surface area (Å²) in [6.07, 6.45) is 8.22. The van der Waals surface area contributed by atoms with Crippen LogP contribution in [0.2, 0.25) is 0 Å². The van der Waals surface area contributed by atoms with Crippen LogP contribution in [-0.2, 0) is 6.42 Å². The molecule has 3 aromatic heterocycles. The molecule has 4 heterocycles. The summed E-state index contributed by atoms with van der Waals surface area (Å²) < 4.78 is 0.601. The fraction of sp³-hybridized carbons (Fsp3) is 0.292. The number of amides is 3. The van der Waals surface area contributed by atoms with Crippen molar-refractivity contribution in [1.82, 2.24) is 35.1 Å². The molecule has 1 aliphatic rings. The maximum absolute atomic E-state index is 12.5. The van der Waals surface area contributed by atoms with E-state index in [1.54, 1.807) is 29.6 Å². The summed E-state index contributed by atoms with van der Waals surface area (Å²) in [6, 6.07) is 1.63. The number of anilines is 1. The highest BCUT2D eigenvalue weighted by molar-refractivity contribution is 14.1. The number of aromatic amines is 1. The number of alkyl halides is 1. The molecule has 3 aromatic rings. The van der Waals surface area contributed by atoms with Crippen molar-refractivity contribution in [2.75, 3.05) is 43.4 Å². The predicted octanol–water partition coefficient (Wildman–Crippen LogP) is 1.30. The Hall–Kier alpha value is -3.92. The summed E-state index contributed by atoms with van der Waals surface area (Å²) in [6.45, 7) is 3.09. The Morgan fingerprint density at radius 1 is 1.24 bits per heavy atom. The van der Waals surface area contributed by atoms with E-state index >= 15 is 0 Å². The Balaban J connectivity index is 1.43. The zero-order chi connectivity index (χ0) is 27.2. The molecule has 3 amide bonds. The number of nitrogens with two attached hydrogens (primary N) is 2. The molecule has 0 atom stereocenters. The van der Waals surface area contributed by atoms with Gasteiger partial charge in [0.15, 0.2) is 5.82 Å². The highest BCUT2D eigenvalue weighted by Gasteiger charge is 2.20. The van der Waals surface area contributed by atoms with Crippen LogP contribution in [0.3, 0.4) is 0 Å². The van der Waals surface area contributed by atoms with Crippen molar-refractivity contribution in [2.24, 2.45) is 10.7 Å². The second kappa shape index (κ2) is 12.1. The largest absolute Gasteiger partial charge is 0.383 e. The van der Waals surface area contributed by atoms with E-state index < -0.39 is 5.91 Å². The molecule has 0 saturated carbocycles. The van der Waals surface area contributed by atoms with Gasteiger partial charge in [-0.15, -0.1) is 0 Å². The van der Waals surface area contributed by atoms with E-state index in [4.69, 9.17) is 16.9 Å². The number of imidazole rings is 1. The first-order chi connectivity index (χ1) is 18.3. The van der Waals surface area contributed by atoms with Crippen LogP contribution in [0.4, 0.5) is 10.6 Å². The molecule has 7 N–H and O–H groups in total. The number of hydrogen-bond donors (Lipinski definition) is 5. The molecule has 1 fully saturated rings. The molecular weight excluding hydrogens is 601 g/mol. The van der Waals surface area contributed by atoms with Gasteiger partial charge >= 0.3 is 6.03 Å². The summed E-state index contributed by atoms with van der Waals surface area (Å²) in [7, 11) is 2.04. The zero-order valence-corrected chi connectivity index (χ0v) is 22.9. The van der Waals surface area contributed by atoms with Gasteiger partial charge in [0, 0.05) is 73.1 Å². The molecule has 0 aromatic carbocycles. The fourth-order valence-electron chi connectivity index (χ4n) is 3.82. The lowest BCUT2D eigenvalue weighted by atomic mass is 10.1. The van der Waals surface area contributed by atoms with Gasteiger partial charge in [0.25, 0.3) is 5.91 Å². The number of aromatic nitrogens is 4. The number of pyridine rings is 2. The average Bonchev–Trinajstić information content (AvgIpc) is 3.35. The average molecular weight is 629 g/mol. The lowest BCUT2D eigenvalue weighted by molar-refractivity contribution is 0.100. The Morgan fingerprint density at radius 2 is 2.00 bits per heavy atom. The highest BCUT2D eigenvalue weighted by Crippen LogP contribution is 2.19. The van der Waals surface area contributed by atoms with Crippen LogP contribution < -0.4 is 16.8 Å². The molecule has 14 heteroatoms. The summed E-state index contributed by atoms with van der Waals surface area (Å²) in [4.78, 5) is 48.1. The molecule has 0 unspecified atom stereocenters. The van der Waals surface area contributed by atoms with E-state index in [2.05, 4.69) is 57.7 Å². The number of likely N-dealkylation sites (N-methyl/N-ethyl adjacent to an activating group) is 1. The minimum atomic E-state index is -0.659. The molecule has 4 rings (SSSR count). The van der Waals surface area contributed by atoms with Gasteiger partial charge in [0.1, 0.15) is 17.0 Å². The van der Waals surface area contributed by atoms with Crippen molar-refractivity contribution in [3.8, 4) is 0 Å². The van der Waals surface area contributed by atoms with E-state index in [0.717, 1.165) is 18.7 Å². The van der Waals surface area contributed by atoms with Crippen molar-refractivity contribution >= 4 is 63.3 Å². The number of allylic oxidation sites excluding steroid dienone is 1. The standard InChI is InChI=1S/C24H28IN11O2/c1-35-4-6-36(7-5-35)24(38)32-15(9-25)11-29-3-2-14-8-16(21(27)31-10-14)19(26)23-33-18-13-30-12-17(22(28)37)20(18)34-23/h3,8,10-13,26H,2,4-7,9H2,1H3,(H2,27,31)(H2,28,37)(H,32,38)(H,33,34)/b15-11+,26-19?,29-3-. The lowest BCUT2D eigenvalue weighted by Crippen LogP contribution is -2.50. The second-order valence-corrected chi connectivity index (χ2v) is 9.49. The third-order valence-electron chi connectivity index (χ3n) is 6.01. The first-order valence-corrected chi connectivity index (χ1v) is 13.3. The number of rotatable bonds is 8. The molecule has 0 spiro atoms. The molecule has 0 aliphatic carbocycles. The number of nitrogens with zero attached hydrogens (tertiary/aromatic N) is 6. The van der Waals surface area contributed by atoms with Crippen molar-refractivity contribution in [3.05, 3.63) is 59.1 Å². The van der Waals surface area contributed by atoms with Gasteiger partial charge in [0.05, 0.1) is 17.3 Å². The quantitative estimate of drug-likeness (QED) is 0.141. The van der Waals surface area contributed by atoms with Gasteiger partial charge in [0.2, 0.25) is 0 Å². The number of urea groups is 1. The Kier molecular flexibility index (Phi) is 8.62. The van der Waals surface area contributed by atoms with Gasteiger partial charge in [-0.1, -0.05) is 22.6 Å². The predicted molar refractivity (Wildman–Crippen MR) is 154 cm³/mol. The number of carbonyl (C=O) groups is 2. The Labute approximate surface area is 232 Å². The number of hydrogen-bond acceptors (Lipinski definition) is 9. The number of aliphatic imine (C=N–C) groups is 1. The molecule has 1 saturated heterocycles. The lowest BCUT2D eigenvalue weighted by Gasteiger charge is -2.32. The van der Waals surface area contributed by atoms with Crippen molar-refractivity contribution in [2.45, 2.75) is 6.42 Å². The topological polar surface area (TPSA) is 195 Å². The third-order valence-corrected chi connectivity index (χ3v) is 6.83. The number of nitrogens with one attached hydrogen (secondary N) is 3. The molecule has 0 radical (unpaired) electrons. The van der Waals surface area contributed by atoms with E-state index in [9.17, 15) is 9.59 Å². The van der Waals surface area contributed by atoms with Crippen LogP contribution >= 0.6 is 22.6 Å². The summed E-state index contributed by atoms with van der Waals surface area (Å²) in [5, 5.41) is 11.6. The molecule has 0 bridgehead atoms. The molecule has 198 valence electrons. The highest BCUT2D eigenvalue weighted by atomic mass is 127. The van der Waals surface area contributed by atoms with Gasteiger partial charge in [-0.2, -0.15) is 0 Å². The van der Waals surface area contributed by atoms with Crippen LogP contribution in [0.25, 0.3) is 11.0 Å². The normalized spacial score (nSPS) is 14.8. The Bertz CT molecular complexity index is 1420. The minimum Gasteiger partial charge on any atom is -0.383 e. The second-order valence-electron chi connectivity index (χ2n) is 8.73. The number of H-pyrrole nitrogens is 1. The molecular formula is C24H28IN11O2. The van der Waals surface area contributed by atoms with Crippen LogP contribution in [-0.4, -0.2) is 91.3 Å². The molecule has 38 heavy (non-hydrogen) atoms. The smallest absolute Gasteiger partial charge is 0.321 e. The number of nitrogen functional groups attached to an aromatic ring is 1. The monoisotopic (exact) mass is 629 g/mol. The zero-order valence-electron chi connectivity index (χ0n) is 20.7. The Morgan fingerprint density at radius 3 is 2.71 bits per heavy atom. The number of carbonyl (C=O) groups excluding carboxylic acids is 2. The van der Waals surface area contributed by atoms with E-state index in [1.165, 1.54) is 12.4 Å². The summed E-state index contributed by atoms with van der Waals surface area (Å²) in [5.74, 6) is -0.280. The number of fused-ring (bicyclic) bond motifs is 1. The summed E-state index contributed by atoms with van der Waals surface area (Å²) in [5.41, 5.74) is 14.3. The van der Waals surface area contributed by atoms with Crippen LogP contribution in [0, 0.1) is 5.41 Å². The third kappa shape index (κ3) is 6.31. The number of primary amides is 1. The van der Waals surface area contributed by atoms with Crippen LogP contribution in [0.5, 0.6) is 0 Å². The van der Waals surface area contributed by atoms with E-state index in [0.29, 0.717) is 46.2 Å². The van der Waals surface area contributed by atoms with Crippen molar-refractivity contribution in [3.63, 3.8) is 0 Å². The van der Waals surface area contributed by atoms with Gasteiger partial charge < -0.3 is 31.6 Å². The first-order valence-electron chi connectivity index (χ1n) is 11.7. The maximum atomic E-state index is 12.5. The van der Waals surface area contributed by atoms with E-state index in [1.807, 2.05) is 7.05 Å². The van der Waals surface area contributed by atoms with Crippen molar-refractivity contribution in [1.29, 1.82) is 5.41 Å². The SMILES string of the molecule is CN1CCN(C(=O)N/C(=C/N=C\Cc2cnc(N)c(C(=N)c3nc4c(C(N)=O)cncc4[nH]3)c2)CI)CC1. The van der Waals surface area contributed by atoms with E-state index in [-0.39, 0.29) is 28.9 Å². The molecule has 1 aliphatic heterocycles. The van der Waals surface area contributed by atoms with Gasteiger partial charge in [-0.05, 0) is 18.7 Å². The number of halogens is 1. The number of piperazine rings is 1. The molecule has 13 nitrogen and oxygen atoms in total. The van der Waals surface area contributed by atoms with Crippen LogP contribution in [0.1, 0.15) is 27.3 Å². The van der Waals surface area contributed by atoms with Gasteiger partial charge in [-0.25, -0.2) is 14.8 Å². The van der Waals surface area contributed by atoms with Crippen molar-refractivity contribution < 1.29 is 9.59 Å².